The van der Waals surface area contributed by atoms with E-state index in [0.29, 0.717) is 29.3 Å². The van der Waals surface area contributed by atoms with Gasteiger partial charge in [0.2, 0.25) is 5.89 Å². The molecule has 0 amide bonds. The average molecular weight is 393 g/mol. The second kappa shape index (κ2) is 7.12. The highest BCUT2D eigenvalue weighted by molar-refractivity contribution is 5.91. The van der Waals surface area contributed by atoms with Crippen molar-refractivity contribution < 1.29 is 18.7 Å². The number of aromatic nitrogens is 1. The number of hydrogen-bond acceptors (Lipinski definition) is 5. The molecule has 1 atom stereocenters. The minimum absolute atomic E-state index is 0.00876. The standard InChI is InChI=1S/C24H27NO4/c1-15(22(27)24-11-16-7-17(12-24)9-18(8-16)13-24)29-21(26)10-20-14-28-23(25-20)19-5-3-2-4-6-19/h2-6,14-18H,7-13H2,1H3. The Labute approximate surface area is 170 Å². The van der Waals surface area contributed by atoms with Crippen molar-refractivity contribution in [2.75, 3.05) is 0 Å². The largest absolute Gasteiger partial charge is 0.454 e. The Morgan fingerprint density at radius 2 is 1.72 bits per heavy atom. The first-order chi connectivity index (χ1) is 14.0. The first-order valence-electron chi connectivity index (χ1n) is 10.7. The Balaban J connectivity index is 1.21. The number of oxazole rings is 1. The fourth-order valence-electron chi connectivity index (χ4n) is 6.39. The number of benzene rings is 1. The van der Waals surface area contributed by atoms with E-state index in [1.54, 1.807) is 6.92 Å². The molecule has 5 nitrogen and oxygen atoms in total. The lowest BCUT2D eigenvalue weighted by molar-refractivity contribution is -0.164. The molecular formula is C24H27NO4. The summed E-state index contributed by atoms with van der Waals surface area (Å²) in [6, 6.07) is 9.55. The van der Waals surface area contributed by atoms with Gasteiger partial charge in [0.25, 0.3) is 0 Å². The molecule has 0 radical (unpaired) electrons. The zero-order chi connectivity index (χ0) is 20.0. The monoisotopic (exact) mass is 393 g/mol. The number of ether oxygens (including phenoxy) is 1. The molecular weight excluding hydrogens is 366 g/mol. The maximum absolute atomic E-state index is 13.3. The van der Waals surface area contributed by atoms with Gasteiger partial charge in [-0.25, -0.2) is 4.98 Å². The third kappa shape index (κ3) is 3.52. The Bertz CT molecular complexity index is 881. The van der Waals surface area contributed by atoms with E-state index in [-0.39, 0.29) is 17.6 Å². The Morgan fingerprint density at radius 1 is 1.10 bits per heavy atom. The van der Waals surface area contributed by atoms with Crippen molar-refractivity contribution in [2.45, 2.75) is 58.0 Å². The highest BCUT2D eigenvalue weighted by atomic mass is 16.5. The predicted octanol–water partition coefficient (Wildman–Crippen LogP) is 4.60. The van der Waals surface area contributed by atoms with E-state index < -0.39 is 12.1 Å². The van der Waals surface area contributed by atoms with Crippen molar-refractivity contribution >= 4 is 11.8 Å². The maximum Gasteiger partial charge on any atom is 0.312 e. The molecule has 1 heterocycles. The highest BCUT2D eigenvalue weighted by Crippen LogP contribution is 2.60. The molecule has 4 bridgehead atoms. The fourth-order valence-corrected chi connectivity index (χ4v) is 6.39. The third-order valence-electron chi connectivity index (χ3n) is 7.14. The second-order valence-corrected chi connectivity index (χ2v) is 9.38. The molecule has 0 aliphatic heterocycles. The first-order valence-corrected chi connectivity index (χ1v) is 10.7. The van der Waals surface area contributed by atoms with Gasteiger partial charge in [-0.15, -0.1) is 0 Å². The van der Waals surface area contributed by atoms with Crippen LogP contribution in [0.5, 0.6) is 0 Å². The number of hydrogen-bond donors (Lipinski definition) is 0. The van der Waals surface area contributed by atoms with Crippen LogP contribution in [0, 0.1) is 23.2 Å². The third-order valence-corrected chi connectivity index (χ3v) is 7.14. The van der Waals surface area contributed by atoms with Gasteiger partial charge in [0, 0.05) is 11.0 Å². The number of carbonyl (C=O) groups excluding carboxylic acids is 2. The topological polar surface area (TPSA) is 69.4 Å². The van der Waals surface area contributed by atoms with E-state index in [0.717, 1.165) is 24.8 Å². The molecule has 4 aliphatic rings. The zero-order valence-corrected chi connectivity index (χ0v) is 16.8. The molecule has 1 unspecified atom stereocenters. The summed E-state index contributed by atoms with van der Waals surface area (Å²) in [4.78, 5) is 30.1. The zero-order valence-electron chi connectivity index (χ0n) is 16.8. The normalized spacial score (nSPS) is 30.9. The van der Waals surface area contributed by atoms with Gasteiger partial charge in [-0.3, -0.25) is 9.59 Å². The van der Waals surface area contributed by atoms with Crippen LogP contribution in [0.15, 0.2) is 41.0 Å². The summed E-state index contributed by atoms with van der Waals surface area (Å²) in [5, 5.41) is 0. The molecule has 0 N–H and O–H groups in total. The van der Waals surface area contributed by atoms with E-state index >= 15 is 0 Å². The van der Waals surface area contributed by atoms with Crippen LogP contribution in [0.1, 0.15) is 51.1 Å². The molecule has 152 valence electrons. The van der Waals surface area contributed by atoms with Gasteiger partial charge in [0.1, 0.15) is 6.26 Å². The Hall–Kier alpha value is -2.43. The highest BCUT2D eigenvalue weighted by Gasteiger charge is 2.55. The predicted molar refractivity (Wildman–Crippen MR) is 107 cm³/mol. The van der Waals surface area contributed by atoms with E-state index in [4.69, 9.17) is 9.15 Å². The van der Waals surface area contributed by atoms with E-state index in [9.17, 15) is 9.59 Å². The van der Waals surface area contributed by atoms with Gasteiger partial charge in [0.05, 0.1) is 12.1 Å². The van der Waals surface area contributed by atoms with Gasteiger partial charge >= 0.3 is 5.97 Å². The lowest BCUT2D eigenvalue weighted by Crippen LogP contribution is -2.52. The van der Waals surface area contributed by atoms with Crippen LogP contribution in [0.25, 0.3) is 11.5 Å². The van der Waals surface area contributed by atoms with Gasteiger partial charge in [-0.05, 0) is 75.3 Å². The number of Topliss-reactive ketones (excluding diaryl/α,β-unsaturated/α-hetero) is 1. The summed E-state index contributed by atoms with van der Waals surface area (Å²) < 4.78 is 11.0. The van der Waals surface area contributed by atoms with Crippen LogP contribution >= 0.6 is 0 Å². The van der Waals surface area contributed by atoms with Crippen LogP contribution in [-0.4, -0.2) is 22.8 Å². The average Bonchev–Trinajstić information content (AvgIpc) is 3.15. The molecule has 4 saturated carbocycles. The smallest absolute Gasteiger partial charge is 0.312 e. The van der Waals surface area contributed by atoms with Crippen molar-refractivity contribution in [3.8, 4) is 11.5 Å². The molecule has 4 aliphatic carbocycles. The maximum atomic E-state index is 13.3. The molecule has 6 rings (SSSR count). The van der Waals surface area contributed by atoms with Gasteiger partial charge in [-0.2, -0.15) is 0 Å². The van der Waals surface area contributed by atoms with Gasteiger partial charge in [0.15, 0.2) is 11.9 Å². The van der Waals surface area contributed by atoms with Crippen molar-refractivity contribution in [1.82, 2.24) is 4.98 Å². The molecule has 5 heteroatoms. The lowest BCUT2D eigenvalue weighted by atomic mass is 9.48. The molecule has 4 fully saturated rings. The van der Waals surface area contributed by atoms with Crippen molar-refractivity contribution in [3.05, 3.63) is 42.3 Å². The van der Waals surface area contributed by atoms with Crippen LogP contribution in [0.4, 0.5) is 0 Å². The minimum atomic E-state index is -0.695. The summed E-state index contributed by atoms with van der Waals surface area (Å²) in [5.74, 6) is 2.27. The summed E-state index contributed by atoms with van der Waals surface area (Å²) in [5.41, 5.74) is 1.13. The molecule has 2 aromatic rings. The van der Waals surface area contributed by atoms with Crippen molar-refractivity contribution in [1.29, 1.82) is 0 Å². The minimum Gasteiger partial charge on any atom is -0.454 e. The number of rotatable bonds is 6. The molecule has 0 saturated heterocycles. The molecule has 1 aromatic carbocycles. The summed E-state index contributed by atoms with van der Waals surface area (Å²) in [6.45, 7) is 1.73. The fraction of sp³-hybridized carbons (Fsp3) is 0.542. The van der Waals surface area contributed by atoms with Gasteiger partial charge < -0.3 is 9.15 Å². The van der Waals surface area contributed by atoms with Crippen LogP contribution in [0.2, 0.25) is 0 Å². The Morgan fingerprint density at radius 3 is 2.34 bits per heavy atom. The summed E-state index contributed by atoms with van der Waals surface area (Å²) in [6.07, 6.45) is 7.63. The van der Waals surface area contributed by atoms with Crippen LogP contribution < -0.4 is 0 Å². The lowest BCUT2D eigenvalue weighted by Gasteiger charge is -2.56. The number of nitrogens with zero attached hydrogens (tertiary/aromatic N) is 1. The van der Waals surface area contributed by atoms with Gasteiger partial charge in [-0.1, -0.05) is 18.2 Å². The van der Waals surface area contributed by atoms with Crippen molar-refractivity contribution in [3.63, 3.8) is 0 Å². The molecule has 29 heavy (non-hydrogen) atoms. The van der Waals surface area contributed by atoms with E-state index in [1.807, 2.05) is 30.3 Å². The Kier molecular flexibility index (Phi) is 4.56. The number of esters is 1. The second-order valence-electron chi connectivity index (χ2n) is 9.38. The van der Waals surface area contributed by atoms with Crippen molar-refractivity contribution in [2.24, 2.45) is 23.2 Å². The van der Waals surface area contributed by atoms with E-state index in [2.05, 4.69) is 4.98 Å². The van der Waals surface area contributed by atoms with E-state index in [1.165, 1.54) is 25.5 Å². The number of ketones is 1. The SMILES string of the molecule is CC(OC(=O)Cc1coc(-c2ccccc2)n1)C(=O)C12CC3CC(CC(C3)C1)C2. The quantitative estimate of drug-likeness (QED) is 0.671. The van der Waals surface area contributed by atoms with Crippen LogP contribution in [0.3, 0.4) is 0 Å². The summed E-state index contributed by atoms with van der Waals surface area (Å²) >= 11 is 0. The van der Waals surface area contributed by atoms with Crippen LogP contribution in [-0.2, 0) is 20.7 Å². The molecule has 1 aromatic heterocycles. The summed E-state index contributed by atoms with van der Waals surface area (Å²) in [7, 11) is 0. The molecule has 0 spiro atoms. The number of carbonyl (C=O) groups is 2. The first kappa shape index (κ1) is 18.6.